The molecule has 0 atom stereocenters. The van der Waals surface area contributed by atoms with Gasteiger partial charge >= 0.3 is 0 Å². The van der Waals surface area contributed by atoms with E-state index in [1.165, 1.54) is 0 Å². The number of rotatable bonds is 4. The number of hydrogen-bond acceptors (Lipinski definition) is 5. The molecule has 8 heteroatoms. The van der Waals surface area contributed by atoms with Crippen LogP contribution >= 0.6 is 0 Å². The molecule has 0 aromatic carbocycles. The molecule has 160 valence electrons. The lowest BCUT2D eigenvalue weighted by molar-refractivity contribution is 0.0648. The summed E-state index contributed by atoms with van der Waals surface area (Å²) in [6, 6.07) is 5.66. The Kier molecular flexibility index (Phi) is 5.26. The maximum atomic E-state index is 12.7. The number of hydrogen-bond donors (Lipinski definition) is 0. The zero-order chi connectivity index (χ0) is 21.5. The van der Waals surface area contributed by atoms with Gasteiger partial charge in [-0.15, -0.1) is 5.10 Å². The van der Waals surface area contributed by atoms with Crippen LogP contribution in [0, 0.1) is 12.8 Å². The van der Waals surface area contributed by atoms with E-state index in [2.05, 4.69) is 36.0 Å². The van der Waals surface area contributed by atoms with E-state index in [0.717, 1.165) is 43.0 Å². The predicted molar refractivity (Wildman–Crippen MR) is 114 cm³/mol. The van der Waals surface area contributed by atoms with Gasteiger partial charge < -0.3 is 9.64 Å². The van der Waals surface area contributed by atoms with Crippen LogP contribution in [-0.2, 0) is 12.5 Å². The Hall–Kier alpha value is -2.90. The minimum absolute atomic E-state index is 0.0195. The number of aryl methyl sites for hydroxylation is 2. The highest BCUT2D eigenvalue weighted by molar-refractivity contribution is 5.92. The SMILES string of the molecule is Cc1cc(C(=O)N2CCC(COc3ccc4nc(C(C)(C)C)cn4n3)CC2)n(C)n1. The van der Waals surface area contributed by atoms with Gasteiger partial charge in [0.1, 0.15) is 5.69 Å². The summed E-state index contributed by atoms with van der Waals surface area (Å²) in [5.41, 5.74) is 3.32. The van der Waals surface area contributed by atoms with Crippen molar-refractivity contribution >= 4 is 11.6 Å². The maximum absolute atomic E-state index is 12.7. The summed E-state index contributed by atoms with van der Waals surface area (Å²) < 4.78 is 9.42. The molecule has 3 aromatic heterocycles. The van der Waals surface area contributed by atoms with E-state index < -0.39 is 0 Å². The minimum Gasteiger partial charge on any atom is -0.476 e. The van der Waals surface area contributed by atoms with Crippen molar-refractivity contribution < 1.29 is 9.53 Å². The Balaban J connectivity index is 1.32. The summed E-state index contributed by atoms with van der Waals surface area (Å²) >= 11 is 0. The lowest BCUT2D eigenvalue weighted by Crippen LogP contribution is -2.40. The van der Waals surface area contributed by atoms with Gasteiger partial charge in [0.15, 0.2) is 5.65 Å². The minimum atomic E-state index is -0.0195. The number of nitrogens with zero attached hydrogens (tertiary/aromatic N) is 6. The number of aromatic nitrogens is 5. The fraction of sp³-hybridized carbons (Fsp3) is 0.545. The molecule has 4 rings (SSSR count). The average Bonchev–Trinajstić information content (AvgIpc) is 3.28. The molecule has 0 unspecified atom stereocenters. The highest BCUT2D eigenvalue weighted by Crippen LogP contribution is 2.23. The highest BCUT2D eigenvalue weighted by atomic mass is 16.5. The van der Waals surface area contributed by atoms with Crippen LogP contribution in [-0.4, -0.2) is 54.9 Å². The van der Waals surface area contributed by atoms with Crippen LogP contribution in [0.1, 0.15) is 55.5 Å². The van der Waals surface area contributed by atoms with E-state index in [0.29, 0.717) is 24.1 Å². The zero-order valence-corrected chi connectivity index (χ0v) is 18.4. The third-order valence-electron chi connectivity index (χ3n) is 5.65. The molecule has 0 saturated carbocycles. The Morgan fingerprint density at radius 2 is 1.93 bits per heavy atom. The number of amides is 1. The summed E-state index contributed by atoms with van der Waals surface area (Å²) in [7, 11) is 1.81. The molecule has 30 heavy (non-hydrogen) atoms. The van der Waals surface area contributed by atoms with E-state index in [1.54, 1.807) is 9.20 Å². The molecule has 0 radical (unpaired) electrons. The Morgan fingerprint density at radius 3 is 2.57 bits per heavy atom. The molecule has 0 aliphatic carbocycles. The second kappa shape index (κ2) is 7.74. The second-order valence-corrected chi connectivity index (χ2v) is 9.19. The molecular weight excluding hydrogens is 380 g/mol. The van der Waals surface area contributed by atoms with Crippen molar-refractivity contribution in [2.24, 2.45) is 13.0 Å². The van der Waals surface area contributed by atoms with Gasteiger partial charge in [0.05, 0.1) is 24.2 Å². The zero-order valence-electron chi connectivity index (χ0n) is 18.4. The van der Waals surface area contributed by atoms with E-state index in [-0.39, 0.29) is 11.3 Å². The van der Waals surface area contributed by atoms with Crippen LogP contribution in [0.25, 0.3) is 5.65 Å². The van der Waals surface area contributed by atoms with Crippen LogP contribution in [0.3, 0.4) is 0 Å². The van der Waals surface area contributed by atoms with Crippen molar-refractivity contribution in [2.75, 3.05) is 19.7 Å². The van der Waals surface area contributed by atoms with Gasteiger partial charge in [0, 0.05) is 31.6 Å². The van der Waals surface area contributed by atoms with Crippen molar-refractivity contribution in [1.29, 1.82) is 0 Å². The number of carbonyl (C=O) groups excluding carboxylic acids is 1. The average molecular weight is 411 g/mol. The molecule has 3 aromatic rings. The molecule has 1 saturated heterocycles. The van der Waals surface area contributed by atoms with Gasteiger partial charge in [-0.3, -0.25) is 9.48 Å². The van der Waals surface area contributed by atoms with E-state index in [9.17, 15) is 4.79 Å². The van der Waals surface area contributed by atoms with Gasteiger partial charge in [-0.25, -0.2) is 9.50 Å². The lowest BCUT2D eigenvalue weighted by Gasteiger charge is -2.31. The van der Waals surface area contributed by atoms with Gasteiger partial charge in [-0.2, -0.15) is 5.10 Å². The van der Waals surface area contributed by atoms with E-state index >= 15 is 0 Å². The summed E-state index contributed by atoms with van der Waals surface area (Å²) in [5.74, 6) is 1.07. The lowest BCUT2D eigenvalue weighted by atomic mass is 9.93. The largest absolute Gasteiger partial charge is 0.476 e. The van der Waals surface area contributed by atoms with Crippen LogP contribution in [0.5, 0.6) is 5.88 Å². The molecule has 1 fully saturated rings. The summed E-state index contributed by atoms with van der Waals surface area (Å²) in [4.78, 5) is 19.3. The summed E-state index contributed by atoms with van der Waals surface area (Å²) in [5, 5.41) is 8.82. The molecule has 1 amide bonds. The van der Waals surface area contributed by atoms with Crippen molar-refractivity contribution in [2.45, 2.75) is 46.0 Å². The molecule has 0 spiro atoms. The molecule has 1 aliphatic rings. The Labute approximate surface area is 176 Å². The van der Waals surface area contributed by atoms with E-state index in [4.69, 9.17) is 4.74 Å². The number of piperidine rings is 1. The first-order valence-electron chi connectivity index (χ1n) is 10.5. The van der Waals surface area contributed by atoms with Crippen LogP contribution in [0.4, 0.5) is 0 Å². The second-order valence-electron chi connectivity index (χ2n) is 9.19. The standard InChI is InChI=1S/C22H30N6O2/c1-15-12-17(26(5)24-15)21(29)27-10-8-16(9-11-27)14-30-20-7-6-19-23-18(22(2,3)4)13-28(19)25-20/h6-7,12-13,16H,8-11,14H2,1-5H3. The molecule has 4 heterocycles. The van der Waals surface area contributed by atoms with E-state index in [1.807, 2.05) is 43.3 Å². The predicted octanol–water partition coefficient (Wildman–Crippen LogP) is 3.00. The maximum Gasteiger partial charge on any atom is 0.272 e. The number of fused-ring (bicyclic) bond motifs is 1. The number of imidazole rings is 1. The number of carbonyl (C=O) groups is 1. The van der Waals surface area contributed by atoms with Gasteiger partial charge in [0.2, 0.25) is 5.88 Å². The van der Waals surface area contributed by atoms with Crippen LogP contribution in [0.15, 0.2) is 24.4 Å². The van der Waals surface area contributed by atoms with Crippen molar-refractivity contribution in [3.8, 4) is 5.88 Å². The first-order chi connectivity index (χ1) is 14.2. The Bertz CT molecular complexity index is 1050. The fourth-order valence-electron chi connectivity index (χ4n) is 3.78. The quantitative estimate of drug-likeness (QED) is 0.661. The van der Waals surface area contributed by atoms with Gasteiger partial charge in [0.25, 0.3) is 5.91 Å². The first-order valence-corrected chi connectivity index (χ1v) is 10.5. The number of likely N-dealkylation sites (tertiary alicyclic amines) is 1. The highest BCUT2D eigenvalue weighted by Gasteiger charge is 2.26. The van der Waals surface area contributed by atoms with Crippen LogP contribution < -0.4 is 4.74 Å². The van der Waals surface area contributed by atoms with Gasteiger partial charge in [-0.05, 0) is 37.8 Å². The molecular formula is C22H30N6O2. The summed E-state index contributed by atoms with van der Waals surface area (Å²) in [6.45, 7) is 10.4. The third kappa shape index (κ3) is 4.17. The molecule has 0 bridgehead atoms. The summed E-state index contributed by atoms with van der Waals surface area (Å²) in [6.07, 6.45) is 3.81. The van der Waals surface area contributed by atoms with Crippen LogP contribution in [0.2, 0.25) is 0 Å². The fourth-order valence-corrected chi connectivity index (χ4v) is 3.78. The first kappa shape index (κ1) is 20.4. The monoisotopic (exact) mass is 410 g/mol. The topological polar surface area (TPSA) is 77.5 Å². The molecule has 1 aliphatic heterocycles. The Morgan fingerprint density at radius 1 is 1.20 bits per heavy atom. The third-order valence-corrected chi connectivity index (χ3v) is 5.65. The molecule has 0 N–H and O–H groups in total. The number of ether oxygens (including phenoxy) is 1. The molecule has 8 nitrogen and oxygen atoms in total. The smallest absolute Gasteiger partial charge is 0.272 e. The van der Waals surface area contributed by atoms with Gasteiger partial charge in [-0.1, -0.05) is 20.8 Å². The normalized spacial score (nSPS) is 15.7. The van der Waals surface area contributed by atoms with Crippen molar-refractivity contribution in [3.05, 3.63) is 41.5 Å². The van der Waals surface area contributed by atoms with Crippen molar-refractivity contribution in [1.82, 2.24) is 29.3 Å². The van der Waals surface area contributed by atoms with Crippen molar-refractivity contribution in [3.63, 3.8) is 0 Å².